The zero-order chi connectivity index (χ0) is 29.6. The smallest absolute Gasteiger partial charge is 0.264 e. The normalized spacial score (nSPS) is 12.9. The van der Waals surface area contributed by atoms with Crippen LogP contribution in [0.2, 0.25) is 15.1 Å². The number of amides is 2. The number of nitrogens with zero attached hydrogens (tertiary/aromatic N) is 2. The maximum Gasteiger partial charge on any atom is 0.264 e. The zero-order valence-corrected chi connectivity index (χ0v) is 25.8. The van der Waals surface area contributed by atoms with E-state index in [9.17, 15) is 18.0 Å². The number of nitrogens with one attached hydrogen (secondary N) is 1. The molecule has 7 nitrogen and oxygen atoms in total. The summed E-state index contributed by atoms with van der Waals surface area (Å²) in [4.78, 5) is 28.4. The molecular formula is C29H32Cl3N3O4S. The van der Waals surface area contributed by atoms with Crippen LogP contribution in [0.1, 0.15) is 38.3 Å². The van der Waals surface area contributed by atoms with Crippen molar-refractivity contribution in [2.75, 3.05) is 10.8 Å². The topological polar surface area (TPSA) is 86.8 Å². The van der Waals surface area contributed by atoms with Crippen LogP contribution in [-0.2, 0) is 26.2 Å². The highest BCUT2D eigenvalue weighted by atomic mass is 35.5. The van der Waals surface area contributed by atoms with Crippen LogP contribution >= 0.6 is 34.8 Å². The van der Waals surface area contributed by atoms with E-state index < -0.39 is 28.5 Å². The average Bonchev–Trinajstić information content (AvgIpc) is 2.89. The van der Waals surface area contributed by atoms with Crippen LogP contribution < -0.4 is 9.62 Å². The van der Waals surface area contributed by atoms with Gasteiger partial charge in [-0.15, -0.1) is 0 Å². The summed E-state index contributed by atoms with van der Waals surface area (Å²) < 4.78 is 28.7. The fourth-order valence-electron chi connectivity index (χ4n) is 3.93. The van der Waals surface area contributed by atoms with Crippen LogP contribution in [0, 0.1) is 6.92 Å². The summed E-state index contributed by atoms with van der Waals surface area (Å²) in [6.45, 7) is 6.68. The van der Waals surface area contributed by atoms with Crippen molar-refractivity contribution in [2.24, 2.45) is 0 Å². The Morgan fingerprint density at radius 2 is 1.52 bits per heavy atom. The van der Waals surface area contributed by atoms with Crippen molar-refractivity contribution in [3.63, 3.8) is 0 Å². The van der Waals surface area contributed by atoms with Crippen molar-refractivity contribution < 1.29 is 18.0 Å². The molecule has 0 fully saturated rings. The lowest BCUT2D eigenvalue weighted by atomic mass is 10.1. The molecule has 1 N–H and O–H groups in total. The Hall–Kier alpha value is -2.78. The summed E-state index contributed by atoms with van der Waals surface area (Å²) >= 11 is 18.6. The number of halogens is 3. The molecule has 2 amide bonds. The van der Waals surface area contributed by atoms with E-state index in [1.54, 1.807) is 43.3 Å². The lowest BCUT2D eigenvalue weighted by Gasteiger charge is -2.32. The van der Waals surface area contributed by atoms with Crippen LogP contribution in [0.3, 0.4) is 0 Å². The number of benzene rings is 3. The molecule has 0 aliphatic carbocycles. The molecule has 11 heteroatoms. The predicted molar refractivity (Wildman–Crippen MR) is 162 cm³/mol. The van der Waals surface area contributed by atoms with Gasteiger partial charge in [-0.05, 0) is 75.2 Å². The van der Waals surface area contributed by atoms with E-state index in [4.69, 9.17) is 34.8 Å². The number of sulfonamides is 1. The second kappa shape index (κ2) is 13.7. The first-order chi connectivity index (χ1) is 18.8. The first-order valence-corrected chi connectivity index (χ1v) is 15.3. The van der Waals surface area contributed by atoms with Gasteiger partial charge in [-0.2, -0.15) is 0 Å². The summed E-state index contributed by atoms with van der Waals surface area (Å²) in [6, 6.07) is 16.5. The van der Waals surface area contributed by atoms with E-state index in [1.165, 1.54) is 35.2 Å². The lowest BCUT2D eigenvalue weighted by molar-refractivity contribution is -0.139. The number of aryl methyl sites for hydroxylation is 1. The first-order valence-electron chi connectivity index (χ1n) is 12.7. The van der Waals surface area contributed by atoms with E-state index in [1.807, 2.05) is 20.8 Å². The fourth-order valence-corrected chi connectivity index (χ4v) is 6.05. The van der Waals surface area contributed by atoms with Gasteiger partial charge in [0.1, 0.15) is 12.6 Å². The number of hydrogen-bond acceptors (Lipinski definition) is 4. The van der Waals surface area contributed by atoms with Gasteiger partial charge in [-0.3, -0.25) is 13.9 Å². The number of hydrogen-bond donors (Lipinski definition) is 1. The Morgan fingerprint density at radius 3 is 2.10 bits per heavy atom. The average molecular weight is 625 g/mol. The molecule has 3 aromatic carbocycles. The molecule has 0 saturated heterocycles. The molecule has 0 radical (unpaired) electrons. The van der Waals surface area contributed by atoms with E-state index in [-0.39, 0.29) is 39.1 Å². The second-order valence-corrected chi connectivity index (χ2v) is 12.8. The molecule has 3 aromatic rings. The molecule has 3 rings (SSSR count). The van der Waals surface area contributed by atoms with Crippen molar-refractivity contribution in [2.45, 2.75) is 57.6 Å². The van der Waals surface area contributed by atoms with E-state index in [2.05, 4.69) is 5.32 Å². The summed E-state index contributed by atoms with van der Waals surface area (Å²) in [5.74, 6) is -0.956. The Bertz CT molecular complexity index is 1450. The molecule has 0 heterocycles. The first kappa shape index (κ1) is 31.7. The van der Waals surface area contributed by atoms with E-state index in [0.717, 1.165) is 9.87 Å². The summed E-state index contributed by atoms with van der Waals surface area (Å²) in [5.41, 5.74) is 1.68. The monoisotopic (exact) mass is 623 g/mol. The third-order valence-corrected chi connectivity index (χ3v) is 8.89. The predicted octanol–water partition coefficient (Wildman–Crippen LogP) is 6.48. The van der Waals surface area contributed by atoms with Crippen molar-refractivity contribution in [1.29, 1.82) is 0 Å². The highest BCUT2D eigenvalue weighted by Crippen LogP contribution is 2.30. The van der Waals surface area contributed by atoms with Crippen LogP contribution in [0.15, 0.2) is 71.6 Å². The van der Waals surface area contributed by atoms with Gasteiger partial charge < -0.3 is 10.2 Å². The highest BCUT2D eigenvalue weighted by molar-refractivity contribution is 7.92. The van der Waals surface area contributed by atoms with Crippen LogP contribution in [0.5, 0.6) is 0 Å². The number of rotatable bonds is 11. The van der Waals surface area contributed by atoms with Crippen molar-refractivity contribution in [3.8, 4) is 0 Å². The van der Waals surface area contributed by atoms with Crippen molar-refractivity contribution in [3.05, 3.63) is 92.9 Å². The summed E-state index contributed by atoms with van der Waals surface area (Å²) in [7, 11) is -4.23. The van der Waals surface area contributed by atoms with Crippen LogP contribution in [0.25, 0.3) is 0 Å². The van der Waals surface area contributed by atoms with E-state index >= 15 is 0 Å². The highest BCUT2D eigenvalue weighted by Gasteiger charge is 2.33. The minimum atomic E-state index is -4.23. The zero-order valence-electron chi connectivity index (χ0n) is 22.7. The molecule has 0 bridgehead atoms. The van der Waals surface area contributed by atoms with Gasteiger partial charge in [0.15, 0.2) is 0 Å². The third kappa shape index (κ3) is 8.13. The molecule has 0 aliphatic rings. The number of carbonyl (C=O) groups excluding carboxylic acids is 2. The lowest BCUT2D eigenvalue weighted by Crippen LogP contribution is -2.52. The number of carbonyl (C=O) groups is 2. The van der Waals surface area contributed by atoms with Gasteiger partial charge in [0, 0.05) is 27.7 Å². The van der Waals surface area contributed by atoms with Gasteiger partial charge in [0.2, 0.25) is 11.8 Å². The van der Waals surface area contributed by atoms with Gasteiger partial charge in [-0.25, -0.2) is 8.42 Å². The van der Waals surface area contributed by atoms with Gasteiger partial charge in [0.25, 0.3) is 10.0 Å². The van der Waals surface area contributed by atoms with Gasteiger partial charge >= 0.3 is 0 Å². The molecule has 0 spiro atoms. The molecule has 2 atom stereocenters. The van der Waals surface area contributed by atoms with Crippen LogP contribution in [0.4, 0.5) is 5.69 Å². The quantitative estimate of drug-likeness (QED) is 0.265. The molecule has 0 aromatic heterocycles. The summed E-state index contributed by atoms with van der Waals surface area (Å²) in [6.07, 6.45) is 0.707. The fraction of sp³-hybridized carbons (Fsp3) is 0.310. The molecule has 0 aliphatic heterocycles. The third-order valence-electron chi connectivity index (χ3n) is 6.43. The molecule has 0 saturated carbocycles. The maximum atomic E-state index is 14.0. The van der Waals surface area contributed by atoms with Gasteiger partial charge in [0.05, 0.1) is 10.6 Å². The van der Waals surface area contributed by atoms with Crippen molar-refractivity contribution in [1.82, 2.24) is 10.2 Å². The standard InChI is InChI=1S/C29H32Cl3N3O4S/c1-5-20(3)33-29(37)21(4)34(17-22-7-6-8-23(30)13-22)28(36)18-35(26-15-24(31)14-25(32)16-26)40(38,39)27-11-9-19(2)10-12-27/h6-16,20-21H,5,17-18H2,1-4H3,(H,33,37)/t20-,21-/m1/s1. The minimum absolute atomic E-state index is 0.00838. The maximum absolute atomic E-state index is 14.0. The van der Waals surface area contributed by atoms with Crippen LogP contribution in [-0.4, -0.2) is 43.8 Å². The molecule has 40 heavy (non-hydrogen) atoms. The molecule has 214 valence electrons. The molecule has 0 unspecified atom stereocenters. The van der Waals surface area contributed by atoms with Gasteiger partial charge in [-0.1, -0.05) is 71.6 Å². The summed E-state index contributed by atoms with van der Waals surface area (Å²) in [5, 5.41) is 3.78. The number of anilines is 1. The molecular weight excluding hydrogens is 593 g/mol. The Morgan fingerprint density at radius 1 is 0.900 bits per heavy atom. The largest absolute Gasteiger partial charge is 0.352 e. The second-order valence-electron chi connectivity index (χ2n) is 9.60. The van der Waals surface area contributed by atoms with Crippen molar-refractivity contribution >= 4 is 62.3 Å². The Balaban J connectivity index is 2.06. The van der Waals surface area contributed by atoms with E-state index in [0.29, 0.717) is 17.0 Å². The Kier molecular flexibility index (Phi) is 10.9. The SMILES string of the molecule is CC[C@@H](C)NC(=O)[C@@H](C)N(Cc1cccc(Cl)c1)C(=O)CN(c1cc(Cl)cc(Cl)c1)S(=O)(=O)c1ccc(C)cc1. The Labute approximate surface area is 251 Å². The minimum Gasteiger partial charge on any atom is -0.352 e.